The molecule has 0 radical (unpaired) electrons. The van der Waals surface area contributed by atoms with Gasteiger partial charge in [-0.3, -0.25) is 29.1 Å². The van der Waals surface area contributed by atoms with Crippen LogP contribution in [-0.2, 0) is 27.3 Å². The number of aliphatic hydroxyl groups excluding tert-OH is 2. The number of ketones is 2. The zero-order valence-corrected chi connectivity index (χ0v) is 26.1. The highest BCUT2D eigenvalue weighted by molar-refractivity contribution is 6.24. The third-order valence-corrected chi connectivity index (χ3v) is 10.7. The monoisotopic (exact) mass is 632 g/mol. The highest BCUT2D eigenvalue weighted by atomic mass is 16.5. The molecule has 6 N–H and O–H groups in total. The molecule has 2 heterocycles. The minimum Gasteiger partial charge on any atom is -0.508 e. The highest BCUT2D eigenvalue weighted by Crippen LogP contribution is 2.55. The van der Waals surface area contributed by atoms with Gasteiger partial charge in [0, 0.05) is 40.9 Å². The quantitative estimate of drug-likeness (QED) is 0.266. The topological polar surface area (TPSA) is 177 Å². The molecule has 2 aromatic carbocycles. The van der Waals surface area contributed by atoms with E-state index in [0.29, 0.717) is 41.8 Å². The van der Waals surface area contributed by atoms with Crippen LogP contribution in [-0.4, -0.2) is 118 Å². The maximum Gasteiger partial charge on any atom is 0.255 e. The Morgan fingerprint density at radius 3 is 2.37 bits per heavy atom. The Kier molecular flexibility index (Phi) is 7.39. The van der Waals surface area contributed by atoms with E-state index in [1.165, 1.54) is 4.90 Å². The van der Waals surface area contributed by atoms with Crippen molar-refractivity contribution in [1.29, 1.82) is 0 Å². The molecule has 0 unspecified atom stereocenters. The number of likely N-dealkylation sites (N-methyl/N-ethyl adjacent to an activating group) is 1. The summed E-state index contributed by atoms with van der Waals surface area (Å²) in [5.74, 6) is -6.20. The number of carbonyl (C=O) groups excluding carboxylic acids is 3. The number of aromatic hydroxyl groups is 1. The van der Waals surface area contributed by atoms with Crippen LogP contribution < -0.4 is 10.5 Å². The van der Waals surface area contributed by atoms with Crippen LogP contribution in [0, 0.1) is 11.8 Å². The van der Waals surface area contributed by atoms with E-state index in [9.17, 15) is 34.8 Å². The molecule has 46 heavy (non-hydrogen) atoms. The first-order valence-electron chi connectivity index (χ1n) is 16.0. The molecule has 3 aliphatic carbocycles. The number of fused-ring (bicyclic) bond motifs is 4. The number of carbonyl (C=O) groups is 3. The molecule has 0 bridgehead atoms. The molecule has 244 valence electrons. The lowest BCUT2D eigenvalue weighted by molar-refractivity contribution is -0.153. The third-order valence-electron chi connectivity index (χ3n) is 10.7. The molecule has 1 saturated carbocycles. The van der Waals surface area contributed by atoms with Gasteiger partial charge in [0.15, 0.2) is 11.4 Å². The third kappa shape index (κ3) is 4.45. The van der Waals surface area contributed by atoms with Crippen LogP contribution in [0.25, 0.3) is 16.5 Å². The summed E-state index contributed by atoms with van der Waals surface area (Å²) < 4.78 is 6.46. The van der Waals surface area contributed by atoms with Gasteiger partial charge in [0.2, 0.25) is 5.78 Å². The van der Waals surface area contributed by atoms with E-state index in [1.54, 1.807) is 14.1 Å². The van der Waals surface area contributed by atoms with Crippen LogP contribution in [0.15, 0.2) is 35.1 Å². The molecule has 5 aliphatic rings. The summed E-state index contributed by atoms with van der Waals surface area (Å²) in [6.07, 6.45) is 2.48. The molecule has 7 rings (SSSR count). The Morgan fingerprint density at radius 2 is 1.76 bits per heavy atom. The van der Waals surface area contributed by atoms with Gasteiger partial charge in [-0.15, -0.1) is 0 Å². The summed E-state index contributed by atoms with van der Waals surface area (Å²) in [4.78, 5) is 46.0. The number of nitrogens with zero attached hydrogens (tertiary/aromatic N) is 3. The molecule has 12 heteroatoms. The van der Waals surface area contributed by atoms with Crippen molar-refractivity contribution in [2.45, 2.75) is 43.9 Å². The fourth-order valence-corrected chi connectivity index (χ4v) is 8.06. The highest BCUT2D eigenvalue weighted by Gasteiger charge is 2.64. The van der Waals surface area contributed by atoms with Gasteiger partial charge in [-0.25, -0.2) is 0 Å². The summed E-state index contributed by atoms with van der Waals surface area (Å²) in [7, 11) is 3.16. The van der Waals surface area contributed by atoms with Crippen molar-refractivity contribution in [1.82, 2.24) is 14.7 Å². The number of primary amides is 1. The number of phenols is 1. The smallest absolute Gasteiger partial charge is 0.255 e. The first kappa shape index (κ1) is 30.7. The van der Waals surface area contributed by atoms with Gasteiger partial charge in [0.1, 0.15) is 35.2 Å². The van der Waals surface area contributed by atoms with Crippen LogP contribution in [0.5, 0.6) is 11.5 Å². The number of ether oxygens (including phenoxy) is 1. The van der Waals surface area contributed by atoms with Crippen molar-refractivity contribution in [2.75, 3.05) is 53.4 Å². The van der Waals surface area contributed by atoms with Crippen molar-refractivity contribution in [3.05, 3.63) is 51.8 Å². The van der Waals surface area contributed by atoms with Crippen molar-refractivity contribution in [3.63, 3.8) is 0 Å². The molecule has 4 atom stereocenters. The zero-order valence-electron chi connectivity index (χ0n) is 26.1. The number of hydrogen-bond donors (Lipinski definition) is 5. The van der Waals surface area contributed by atoms with Crippen molar-refractivity contribution in [3.8, 4) is 11.5 Å². The molecular weight excluding hydrogens is 592 g/mol. The number of hydrogen-bond acceptors (Lipinski definition) is 11. The Bertz CT molecular complexity index is 1740. The van der Waals surface area contributed by atoms with E-state index < -0.39 is 58.0 Å². The van der Waals surface area contributed by atoms with E-state index >= 15 is 0 Å². The van der Waals surface area contributed by atoms with E-state index in [-0.39, 0.29) is 29.7 Å². The van der Waals surface area contributed by atoms with E-state index in [4.69, 9.17) is 10.5 Å². The number of aliphatic hydroxyl groups is 3. The SMILES string of the molecule is CN(C)[C@@H]1C(=O)C(C(N)=O)=C(O)[C@@]2(O)C(=O)C3=C(O)c4c(c(OCCN5CCC5)c5ccc(CN6CCC6)cc5c4O)C[C@H]3C[C@@H]12. The van der Waals surface area contributed by atoms with E-state index in [1.807, 2.05) is 18.2 Å². The number of amides is 1. The maximum absolute atomic E-state index is 14.3. The minimum atomic E-state index is -2.68. The summed E-state index contributed by atoms with van der Waals surface area (Å²) in [6.45, 7) is 5.81. The van der Waals surface area contributed by atoms with Crippen LogP contribution in [0.1, 0.15) is 36.0 Å². The summed E-state index contributed by atoms with van der Waals surface area (Å²) >= 11 is 0. The van der Waals surface area contributed by atoms with Crippen molar-refractivity contribution in [2.24, 2.45) is 17.6 Å². The van der Waals surface area contributed by atoms with E-state index in [0.717, 1.165) is 44.6 Å². The molecule has 0 aromatic heterocycles. The Labute approximate surface area is 266 Å². The first-order chi connectivity index (χ1) is 21.9. The number of Topliss-reactive ketones (excluding diaryl/α,β-unsaturated/α-hetero) is 2. The average Bonchev–Trinajstić information content (AvgIpc) is 2.95. The first-order valence-corrected chi connectivity index (χ1v) is 16.0. The lowest BCUT2D eigenvalue weighted by atomic mass is 9.57. The lowest BCUT2D eigenvalue weighted by Gasteiger charge is -2.50. The van der Waals surface area contributed by atoms with Crippen LogP contribution >= 0.6 is 0 Å². The van der Waals surface area contributed by atoms with Gasteiger partial charge in [-0.05, 0) is 83.5 Å². The van der Waals surface area contributed by atoms with Crippen LogP contribution in [0.3, 0.4) is 0 Å². The molecule has 2 saturated heterocycles. The zero-order chi connectivity index (χ0) is 32.7. The molecule has 0 spiro atoms. The van der Waals surface area contributed by atoms with Gasteiger partial charge in [-0.2, -0.15) is 0 Å². The van der Waals surface area contributed by atoms with Crippen LogP contribution in [0.2, 0.25) is 0 Å². The number of likely N-dealkylation sites (tertiary alicyclic amines) is 2. The molecule has 12 nitrogen and oxygen atoms in total. The van der Waals surface area contributed by atoms with Crippen LogP contribution in [0.4, 0.5) is 0 Å². The van der Waals surface area contributed by atoms with Gasteiger partial charge in [0.25, 0.3) is 5.91 Å². The lowest BCUT2D eigenvalue weighted by Crippen LogP contribution is -2.65. The number of nitrogens with two attached hydrogens (primary N) is 1. The summed E-state index contributed by atoms with van der Waals surface area (Å²) in [5.41, 5.74) is 3.32. The summed E-state index contributed by atoms with van der Waals surface area (Å²) in [6, 6.07) is 4.69. The maximum atomic E-state index is 14.3. The van der Waals surface area contributed by atoms with Gasteiger partial charge in [0.05, 0.1) is 11.6 Å². The summed E-state index contributed by atoms with van der Waals surface area (Å²) in [5, 5.41) is 47.8. The molecule has 3 fully saturated rings. The molecule has 1 amide bonds. The van der Waals surface area contributed by atoms with Gasteiger partial charge in [-0.1, -0.05) is 12.1 Å². The van der Waals surface area contributed by atoms with Crippen molar-refractivity contribution >= 4 is 34.0 Å². The largest absolute Gasteiger partial charge is 0.508 e. The van der Waals surface area contributed by atoms with Gasteiger partial charge < -0.3 is 30.9 Å². The molecule has 2 aliphatic heterocycles. The molecular formula is C34H40N4O8. The fourth-order valence-electron chi connectivity index (χ4n) is 8.06. The molecule has 2 aromatic rings. The average molecular weight is 633 g/mol. The predicted octanol–water partition coefficient (Wildman–Crippen LogP) is 1.41. The number of rotatable bonds is 8. The van der Waals surface area contributed by atoms with Crippen molar-refractivity contribution < 1.29 is 39.5 Å². The second-order valence-corrected chi connectivity index (χ2v) is 13.5. The normalized spacial score (nSPS) is 28.1. The standard InChI is InChI=1S/C34H40N4O8/c1-36(2)26-22-15-18-14-21-24(28(40)23(18)31(42)34(22,45)32(43)25(29(26)41)33(35)44)27(39)20-13-17(16-38-9-4-10-38)5-6-19(20)30(21)46-12-11-37-7-3-8-37/h5-6,13,18,22,26,39-40,43,45H,3-4,7-12,14-16H2,1-2H3,(H2,35,44)/t18-,22-,26-,34-/m0/s1. The number of phenolic OH excluding ortho intramolecular Hbond substituents is 1. The second-order valence-electron chi connectivity index (χ2n) is 13.5. The Morgan fingerprint density at radius 1 is 1.07 bits per heavy atom. The fraction of sp³-hybridized carbons (Fsp3) is 0.500. The van der Waals surface area contributed by atoms with Gasteiger partial charge >= 0.3 is 0 Å². The predicted molar refractivity (Wildman–Crippen MR) is 168 cm³/mol. The number of benzene rings is 2. The minimum absolute atomic E-state index is 0.0204. The van der Waals surface area contributed by atoms with E-state index in [2.05, 4.69) is 9.80 Å². The Balaban J connectivity index is 1.39. The Hall–Kier alpha value is -3.97. The second kappa shape index (κ2) is 11.1.